The molecule has 0 aromatic carbocycles. The normalized spacial score (nSPS) is 26.8. The number of halogens is 1. The predicted octanol–water partition coefficient (Wildman–Crippen LogP) is 3.98. The van der Waals surface area contributed by atoms with Crippen molar-refractivity contribution in [3.63, 3.8) is 0 Å². The first kappa shape index (κ1) is 25.5. The number of aliphatic hydroxyl groups is 3. The van der Waals surface area contributed by atoms with Crippen molar-refractivity contribution < 1.29 is 29.2 Å². The Labute approximate surface area is 174 Å². The lowest BCUT2D eigenvalue weighted by Crippen LogP contribution is -2.28. The van der Waals surface area contributed by atoms with Crippen LogP contribution >= 0.6 is 0 Å². The van der Waals surface area contributed by atoms with Crippen LogP contribution in [-0.4, -0.2) is 46.2 Å². The highest BCUT2D eigenvalue weighted by molar-refractivity contribution is 5.69. The van der Waals surface area contributed by atoms with Crippen molar-refractivity contribution >= 4 is 5.97 Å². The molecule has 0 radical (unpaired) electrons. The van der Waals surface area contributed by atoms with Gasteiger partial charge in [0.1, 0.15) is 11.4 Å². The van der Waals surface area contributed by atoms with Gasteiger partial charge in [0, 0.05) is 25.2 Å². The van der Waals surface area contributed by atoms with E-state index in [4.69, 9.17) is 0 Å². The maximum atomic E-state index is 13.7. The third-order valence-corrected chi connectivity index (χ3v) is 5.73. The van der Waals surface area contributed by atoms with Crippen LogP contribution in [-0.2, 0) is 9.53 Å². The molecule has 0 spiro atoms. The molecule has 0 amide bonds. The zero-order valence-electron chi connectivity index (χ0n) is 17.7. The van der Waals surface area contributed by atoms with E-state index in [0.29, 0.717) is 38.5 Å². The van der Waals surface area contributed by atoms with E-state index in [-0.39, 0.29) is 24.2 Å². The third kappa shape index (κ3) is 8.41. The summed E-state index contributed by atoms with van der Waals surface area (Å²) in [6, 6.07) is 0. The molecule has 1 aliphatic rings. The molecule has 0 aromatic rings. The van der Waals surface area contributed by atoms with Crippen LogP contribution in [0.4, 0.5) is 4.39 Å². The number of esters is 1. The molecule has 166 valence electrons. The van der Waals surface area contributed by atoms with Gasteiger partial charge >= 0.3 is 5.97 Å². The monoisotopic (exact) mass is 412 g/mol. The van der Waals surface area contributed by atoms with Crippen molar-refractivity contribution in [2.45, 2.75) is 82.5 Å². The SMILES string of the molecule is C=C(F)C(O)(CC=C[C@@H]1[C@@H](CC=CCCCC(=O)OC)[C@H](O)C[C@H]1O)CCCC. The summed E-state index contributed by atoms with van der Waals surface area (Å²) < 4.78 is 18.3. The highest BCUT2D eigenvalue weighted by Gasteiger charge is 2.39. The van der Waals surface area contributed by atoms with Gasteiger partial charge in [-0.2, -0.15) is 0 Å². The third-order valence-electron chi connectivity index (χ3n) is 5.73. The molecule has 0 aromatic heterocycles. The average molecular weight is 413 g/mol. The molecule has 1 fully saturated rings. The molecule has 0 saturated heterocycles. The second kappa shape index (κ2) is 12.9. The summed E-state index contributed by atoms with van der Waals surface area (Å²) in [7, 11) is 1.37. The van der Waals surface area contributed by atoms with Crippen molar-refractivity contribution in [3.05, 3.63) is 36.7 Å². The second-order valence-corrected chi connectivity index (χ2v) is 7.96. The molecule has 1 saturated carbocycles. The minimum atomic E-state index is -1.58. The summed E-state index contributed by atoms with van der Waals surface area (Å²) in [5.74, 6) is -1.37. The van der Waals surface area contributed by atoms with Crippen LogP contribution < -0.4 is 0 Å². The topological polar surface area (TPSA) is 87.0 Å². The highest BCUT2D eigenvalue weighted by atomic mass is 19.1. The molecule has 5 atom stereocenters. The Bertz CT molecular complexity index is 574. The Morgan fingerprint density at radius 1 is 1.24 bits per heavy atom. The molecule has 1 rings (SSSR count). The number of methoxy groups -OCH3 is 1. The van der Waals surface area contributed by atoms with Crippen LogP contribution in [0.5, 0.6) is 0 Å². The van der Waals surface area contributed by atoms with E-state index in [1.807, 2.05) is 19.1 Å². The molecule has 0 bridgehead atoms. The van der Waals surface area contributed by atoms with Crippen molar-refractivity contribution in [1.82, 2.24) is 0 Å². The van der Waals surface area contributed by atoms with Crippen LogP contribution in [0.25, 0.3) is 0 Å². The molecule has 1 aliphatic carbocycles. The minimum absolute atomic E-state index is 0.0950. The number of hydrogen-bond donors (Lipinski definition) is 3. The van der Waals surface area contributed by atoms with Crippen LogP contribution in [0.1, 0.15) is 64.7 Å². The van der Waals surface area contributed by atoms with Crippen LogP contribution in [0.15, 0.2) is 36.7 Å². The number of hydrogen-bond acceptors (Lipinski definition) is 5. The Kier molecular flexibility index (Phi) is 11.4. The summed E-state index contributed by atoms with van der Waals surface area (Å²) in [4.78, 5) is 11.1. The van der Waals surface area contributed by atoms with Crippen molar-refractivity contribution in [2.24, 2.45) is 11.8 Å². The van der Waals surface area contributed by atoms with Gasteiger partial charge in [-0.15, -0.1) is 0 Å². The largest absolute Gasteiger partial charge is 0.469 e. The van der Waals surface area contributed by atoms with Gasteiger partial charge in [-0.1, -0.05) is 50.6 Å². The zero-order valence-corrected chi connectivity index (χ0v) is 17.7. The van der Waals surface area contributed by atoms with Crippen molar-refractivity contribution in [1.29, 1.82) is 0 Å². The van der Waals surface area contributed by atoms with Crippen LogP contribution in [0.2, 0.25) is 0 Å². The minimum Gasteiger partial charge on any atom is -0.469 e. The highest BCUT2D eigenvalue weighted by Crippen LogP contribution is 2.37. The van der Waals surface area contributed by atoms with E-state index in [9.17, 15) is 24.5 Å². The number of rotatable bonds is 13. The quantitative estimate of drug-likeness (QED) is 0.242. The van der Waals surface area contributed by atoms with E-state index in [0.717, 1.165) is 12.8 Å². The molecule has 1 unspecified atom stereocenters. The molecule has 6 heteroatoms. The van der Waals surface area contributed by atoms with Gasteiger partial charge in [0.25, 0.3) is 0 Å². The Morgan fingerprint density at radius 2 is 1.97 bits per heavy atom. The molecular weight excluding hydrogens is 375 g/mol. The second-order valence-electron chi connectivity index (χ2n) is 7.96. The zero-order chi connectivity index (χ0) is 21.9. The maximum Gasteiger partial charge on any atom is 0.305 e. The lowest BCUT2D eigenvalue weighted by Gasteiger charge is -2.25. The smallest absolute Gasteiger partial charge is 0.305 e. The van der Waals surface area contributed by atoms with E-state index in [1.165, 1.54) is 7.11 Å². The fourth-order valence-electron chi connectivity index (χ4n) is 3.78. The first-order valence-electron chi connectivity index (χ1n) is 10.6. The van der Waals surface area contributed by atoms with Gasteiger partial charge in [-0.25, -0.2) is 4.39 Å². The molecule has 3 N–H and O–H groups in total. The van der Waals surface area contributed by atoms with Crippen molar-refractivity contribution in [3.8, 4) is 0 Å². The molecule has 29 heavy (non-hydrogen) atoms. The predicted molar refractivity (Wildman–Crippen MR) is 112 cm³/mol. The average Bonchev–Trinajstić information content (AvgIpc) is 2.95. The Balaban J connectivity index is 2.61. The number of ether oxygens (including phenoxy) is 1. The number of carbonyl (C=O) groups excluding carboxylic acids is 1. The fraction of sp³-hybridized carbons (Fsp3) is 0.696. The number of carbonyl (C=O) groups is 1. The summed E-state index contributed by atoms with van der Waals surface area (Å²) in [6.45, 7) is 5.25. The van der Waals surface area contributed by atoms with Gasteiger partial charge in [0.05, 0.1) is 19.3 Å². The number of aliphatic hydroxyl groups excluding tert-OH is 2. The summed E-state index contributed by atoms with van der Waals surface area (Å²) in [5.41, 5.74) is -1.58. The van der Waals surface area contributed by atoms with Gasteiger partial charge in [0.2, 0.25) is 0 Å². The molecule has 0 heterocycles. The summed E-state index contributed by atoms with van der Waals surface area (Å²) in [5, 5.41) is 31.1. The van der Waals surface area contributed by atoms with Crippen LogP contribution in [0.3, 0.4) is 0 Å². The van der Waals surface area contributed by atoms with E-state index >= 15 is 0 Å². The molecule has 5 nitrogen and oxygen atoms in total. The maximum absolute atomic E-state index is 13.7. The standard InChI is InChI=1S/C23H37FO5/c1-4-5-14-23(28,17(2)24)15-10-12-19-18(20(25)16-21(19)26)11-8-6-7-9-13-22(27)29-3/h6,8,10,12,18-21,25-26,28H,2,4-5,7,9,11,13-16H2,1,3H3/t18-,19-,20-,21-,23?/m1/s1. The van der Waals surface area contributed by atoms with E-state index < -0.39 is 23.6 Å². The first-order valence-corrected chi connectivity index (χ1v) is 10.6. The van der Waals surface area contributed by atoms with Gasteiger partial charge in [-0.05, 0) is 31.6 Å². The number of allylic oxidation sites excluding steroid dienone is 2. The van der Waals surface area contributed by atoms with Gasteiger partial charge in [-0.3, -0.25) is 4.79 Å². The number of unbranched alkanes of at least 4 members (excludes halogenated alkanes) is 2. The lowest BCUT2D eigenvalue weighted by molar-refractivity contribution is -0.140. The Hall–Kier alpha value is -1.50. The van der Waals surface area contributed by atoms with E-state index in [1.54, 1.807) is 12.2 Å². The van der Waals surface area contributed by atoms with Gasteiger partial charge < -0.3 is 20.1 Å². The first-order chi connectivity index (χ1) is 13.7. The summed E-state index contributed by atoms with van der Waals surface area (Å²) >= 11 is 0. The fourth-order valence-corrected chi connectivity index (χ4v) is 3.78. The molecule has 0 aliphatic heterocycles. The Morgan fingerprint density at radius 3 is 2.59 bits per heavy atom. The molecular formula is C23H37FO5. The summed E-state index contributed by atoms with van der Waals surface area (Å²) in [6.07, 6.45) is 10.8. The van der Waals surface area contributed by atoms with Gasteiger partial charge in [0.15, 0.2) is 0 Å². The lowest BCUT2D eigenvalue weighted by atomic mass is 9.87. The van der Waals surface area contributed by atoms with Crippen LogP contribution in [0, 0.1) is 11.8 Å². The van der Waals surface area contributed by atoms with Crippen molar-refractivity contribution in [2.75, 3.05) is 7.11 Å². The van der Waals surface area contributed by atoms with E-state index in [2.05, 4.69) is 11.3 Å².